The summed E-state index contributed by atoms with van der Waals surface area (Å²) in [4.78, 5) is 5.04. The molecule has 0 aliphatic carbocycles. The molecule has 0 bridgehead atoms. The Balaban J connectivity index is 1.38. The molecule has 2 aliphatic heterocycles. The predicted octanol–water partition coefficient (Wildman–Crippen LogP) is 2.94. The number of aryl methyl sites for hydroxylation is 1. The normalized spacial score (nSPS) is 23.8. The molecule has 1 spiro atoms. The molecule has 0 aromatic carbocycles. The van der Waals surface area contributed by atoms with Gasteiger partial charge in [-0.25, -0.2) is 0 Å². The van der Waals surface area contributed by atoms with Gasteiger partial charge in [0, 0.05) is 38.7 Å². The lowest BCUT2D eigenvalue weighted by Gasteiger charge is -2.42. The number of methoxy groups -OCH3 is 1. The fourth-order valence-corrected chi connectivity index (χ4v) is 4.76. The molecular formula is C20H29N3O3. The van der Waals surface area contributed by atoms with E-state index in [2.05, 4.69) is 21.0 Å². The van der Waals surface area contributed by atoms with Crippen molar-refractivity contribution < 1.29 is 13.7 Å². The third-order valence-corrected chi connectivity index (χ3v) is 6.12. The molecule has 4 rings (SSSR count). The van der Waals surface area contributed by atoms with Gasteiger partial charge in [0.2, 0.25) is 0 Å². The summed E-state index contributed by atoms with van der Waals surface area (Å²) in [6.07, 6.45) is 4.19. The van der Waals surface area contributed by atoms with Gasteiger partial charge in [-0.3, -0.25) is 9.80 Å². The highest BCUT2D eigenvalue weighted by Gasteiger charge is 2.47. The van der Waals surface area contributed by atoms with Gasteiger partial charge in [-0.05, 0) is 50.4 Å². The van der Waals surface area contributed by atoms with Crippen LogP contribution in [0.1, 0.15) is 30.1 Å². The summed E-state index contributed by atoms with van der Waals surface area (Å²) in [7, 11) is 1.82. The molecule has 2 aromatic heterocycles. The largest absolute Gasteiger partial charge is 0.468 e. The summed E-state index contributed by atoms with van der Waals surface area (Å²) in [5.74, 6) is 2.54. The van der Waals surface area contributed by atoms with E-state index in [1.54, 1.807) is 6.26 Å². The zero-order chi connectivity index (χ0) is 18.0. The molecule has 0 amide bonds. The van der Waals surface area contributed by atoms with Crippen LogP contribution in [0.5, 0.6) is 0 Å². The van der Waals surface area contributed by atoms with Gasteiger partial charge in [-0.15, -0.1) is 0 Å². The molecule has 142 valence electrons. The summed E-state index contributed by atoms with van der Waals surface area (Å²) in [5, 5.41) is 4.14. The van der Waals surface area contributed by atoms with E-state index in [1.807, 2.05) is 26.2 Å². The first-order chi connectivity index (χ1) is 12.7. The molecule has 6 heteroatoms. The zero-order valence-corrected chi connectivity index (χ0v) is 15.8. The van der Waals surface area contributed by atoms with E-state index in [9.17, 15) is 0 Å². The van der Waals surface area contributed by atoms with Crippen LogP contribution in [0.3, 0.4) is 0 Å². The first-order valence-electron chi connectivity index (χ1n) is 9.55. The Morgan fingerprint density at radius 3 is 2.77 bits per heavy atom. The van der Waals surface area contributed by atoms with Gasteiger partial charge >= 0.3 is 0 Å². The van der Waals surface area contributed by atoms with Crippen LogP contribution in [0.2, 0.25) is 0 Å². The van der Waals surface area contributed by atoms with Gasteiger partial charge in [-0.2, -0.15) is 0 Å². The van der Waals surface area contributed by atoms with Crippen LogP contribution in [-0.4, -0.2) is 54.9 Å². The minimum Gasteiger partial charge on any atom is -0.468 e. The lowest BCUT2D eigenvalue weighted by molar-refractivity contribution is 0.0343. The van der Waals surface area contributed by atoms with Crippen molar-refractivity contribution in [3.8, 4) is 0 Å². The quantitative estimate of drug-likeness (QED) is 0.790. The Kier molecular flexibility index (Phi) is 5.16. The van der Waals surface area contributed by atoms with Gasteiger partial charge in [0.05, 0.1) is 25.1 Å². The minimum absolute atomic E-state index is 0.360. The standard InChI is InChI=1S/C20H29N3O3/c1-16-10-18(21-26-16)12-22-7-5-20(6-8-22)15-23(11-17(20)14-24-2)13-19-4-3-9-25-19/h3-4,9-10,17H,5-8,11-15H2,1-2H3/t17-/m1/s1. The fourth-order valence-electron chi connectivity index (χ4n) is 4.76. The van der Waals surface area contributed by atoms with Crippen LogP contribution in [0.25, 0.3) is 0 Å². The molecule has 6 nitrogen and oxygen atoms in total. The molecule has 0 N–H and O–H groups in total. The minimum atomic E-state index is 0.360. The zero-order valence-electron chi connectivity index (χ0n) is 15.8. The summed E-state index contributed by atoms with van der Waals surface area (Å²) >= 11 is 0. The average Bonchev–Trinajstić information content (AvgIpc) is 3.34. The SMILES string of the molecule is COC[C@H]1CN(Cc2ccco2)CC12CCN(Cc1cc(C)on1)CC2. The van der Waals surface area contributed by atoms with Gasteiger partial charge in [-0.1, -0.05) is 5.16 Å². The highest BCUT2D eigenvalue weighted by atomic mass is 16.5. The van der Waals surface area contributed by atoms with Gasteiger partial charge in [0.1, 0.15) is 11.5 Å². The number of piperidine rings is 1. The van der Waals surface area contributed by atoms with Crippen LogP contribution < -0.4 is 0 Å². The van der Waals surface area contributed by atoms with Gasteiger partial charge < -0.3 is 13.7 Å². The van der Waals surface area contributed by atoms with Crippen molar-refractivity contribution in [2.24, 2.45) is 11.3 Å². The van der Waals surface area contributed by atoms with E-state index in [-0.39, 0.29) is 0 Å². The number of ether oxygens (including phenoxy) is 1. The fraction of sp³-hybridized carbons (Fsp3) is 0.650. The van der Waals surface area contributed by atoms with Gasteiger partial charge in [0.25, 0.3) is 0 Å². The Morgan fingerprint density at radius 2 is 2.12 bits per heavy atom. The van der Waals surface area contributed by atoms with Crippen LogP contribution in [-0.2, 0) is 17.8 Å². The van der Waals surface area contributed by atoms with E-state index >= 15 is 0 Å². The number of likely N-dealkylation sites (tertiary alicyclic amines) is 2. The van der Waals surface area contributed by atoms with Crippen molar-refractivity contribution in [3.05, 3.63) is 41.7 Å². The number of furan rings is 1. The highest BCUT2D eigenvalue weighted by Crippen LogP contribution is 2.45. The molecule has 2 aromatic rings. The maximum atomic E-state index is 5.58. The van der Waals surface area contributed by atoms with Crippen molar-refractivity contribution in [3.63, 3.8) is 0 Å². The second kappa shape index (κ2) is 7.55. The molecule has 0 unspecified atom stereocenters. The van der Waals surface area contributed by atoms with Crippen LogP contribution in [0.4, 0.5) is 0 Å². The van der Waals surface area contributed by atoms with E-state index in [4.69, 9.17) is 13.7 Å². The molecule has 4 heterocycles. The number of rotatable bonds is 6. The maximum absolute atomic E-state index is 5.58. The lowest BCUT2D eigenvalue weighted by Crippen LogP contribution is -2.44. The summed E-state index contributed by atoms with van der Waals surface area (Å²) in [5.41, 5.74) is 1.40. The third kappa shape index (κ3) is 3.72. The summed E-state index contributed by atoms with van der Waals surface area (Å²) in [6, 6.07) is 6.08. The third-order valence-electron chi connectivity index (χ3n) is 6.12. The number of hydrogen-bond acceptors (Lipinski definition) is 6. The molecule has 2 saturated heterocycles. The van der Waals surface area contributed by atoms with Gasteiger partial charge in [0.15, 0.2) is 0 Å². The monoisotopic (exact) mass is 359 g/mol. The first-order valence-corrected chi connectivity index (χ1v) is 9.55. The second-order valence-electron chi connectivity index (χ2n) is 7.97. The molecule has 26 heavy (non-hydrogen) atoms. The van der Waals surface area contributed by atoms with E-state index < -0.39 is 0 Å². The average molecular weight is 359 g/mol. The Bertz CT molecular complexity index is 689. The molecule has 0 saturated carbocycles. The topological polar surface area (TPSA) is 54.9 Å². The highest BCUT2D eigenvalue weighted by molar-refractivity contribution is 5.06. The molecule has 2 aliphatic rings. The van der Waals surface area contributed by atoms with E-state index in [0.29, 0.717) is 11.3 Å². The molecular weight excluding hydrogens is 330 g/mol. The Hall–Kier alpha value is -1.63. The maximum Gasteiger partial charge on any atom is 0.133 e. The first kappa shape index (κ1) is 17.8. The smallest absolute Gasteiger partial charge is 0.133 e. The van der Waals surface area contributed by atoms with E-state index in [0.717, 1.165) is 63.1 Å². The molecule has 2 fully saturated rings. The van der Waals surface area contributed by atoms with Crippen LogP contribution in [0.15, 0.2) is 33.4 Å². The molecule has 1 atom stereocenters. The van der Waals surface area contributed by atoms with Crippen LogP contribution >= 0.6 is 0 Å². The lowest BCUT2D eigenvalue weighted by atomic mass is 9.71. The summed E-state index contributed by atoms with van der Waals surface area (Å²) in [6.45, 7) is 9.03. The Morgan fingerprint density at radius 1 is 1.27 bits per heavy atom. The van der Waals surface area contributed by atoms with Crippen molar-refractivity contribution >= 4 is 0 Å². The second-order valence-corrected chi connectivity index (χ2v) is 7.97. The summed E-state index contributed by atoms with van der Waals surface area (Å²) < 4.78 is 16.3. The molecule has 0 radical (unpaired) electrons. The number of hydrogen-bond donors (Lipinski definition) is 0. The number of aromatic nitrogens is 1. The number of nitrogens with zero attached hydrogens (tertiary/aromatic N) is 3. The van der Waals surface area contributed by atoms with E-state index in [1.165, 1.54) is 12.8 Å². The van der Waals surface area contributed by atoms with Crippen molar-refractivity contribution in [1.82, 2.24) is 15.0 Å². The van der Waals surface area contributed by atoms with Crippen molar-refractivity contribution in [2.45, 2.75) is 32.9 Å². The van der Waals surface area contributed by atoms with Crippen LogP contribution in [0, 0.1) is 18.3 Å². The van der Waals surface area contributed by atoms with Crippen molar-refractivity contribution in [1.29, 1.82) is 0 Å². The predicted molar refractivity (Wildman–Crippen MR) is 97.5 cm³/mol. The van der Waals surface area contributed by atoms with Crippen molar-refractivity contribution in [2.75, 3.05) is 39.9 Å². The Labute approximate surface area is 155 Å².